The molecule has 1 aromatic rings. The minimum atomic E-state index is -3.84. The van der Waals surface area contributed by atoms with Crippen molar-refractivity contribution in [1.29, 1.82) is 0 Å². The summed E-state index contributed by atoms with van der Waals surface area (Å²) in [5.74, 6) is -0.504. The Hall–Kier alpha value is -1.65. The first-order chi connectivity index (χ1) is 13.7. The Labute approximate surface area is 172 Å². The molecular formula is C19H27NO7S2. The van der Waals surface area contributed by atoms with E-state index in [1.807, 2.05) is 4.90 Å². The lowest BCUT2D eigenvalue weighted by atomic mass is 9.95. The number of carbonyl (C=O) groups is 1. The first-order valence-electron chi connectivity index (χ1n) is 9.67. The maximum absolute atomic E-state index is 13.2. The topological polar surface area (TPSA) is 107 Å². The number of benzene rings is 1. The highest BCUT2D eigenvalue weighted by atomic mass is 32.2. The SMILES string of the molecule is CCOC(=O)C1CCN([C@H]2CS(=O)(=O)C[C@@H]2S(=O)(=O)c2ccc(OC)cc2)CC1. The Morgan fingerprint density at radius 3 is 2.31 bits per heavy atom. The van der Waals surface area contributed by atoms with E-state index in [0.717, 1.165) is 0 Å². The number of hydrogen-bond acceptors (Lipinski definition) is 8. The number of nitrogens with zero attached hydrogens (tertiary/aromatic N) is 1. The summed E-state index contributed by atoms with van der Waals surface area (Å²) in [4.78, 5) is 13.9. The number of ether oxygens (including phenoxy) is 2. The lowest BCUT2D eigenvalue weighted by Crippen LogP contribution is -2.50. The highest BCUT2D eigenvalue weighted by Gasteiger charge is 2.49. The molecule has 2 saturated heterocycles. The van der Waals surface area contributed by atoms with Gasteiger partial charge in [-0.15, -0.1) is 0 Å². The molecule has 1 aromatic carbocycles. The second kappa shape index (κ2) is 8.61. The molecule has 0 unspecified atom stereocenters. The van der Waals surface area contributed by atoms with Gasteiger partial charge in [0, 0.05) is 6.04 Å². The van der Waals surface area contributed by atoms with Crippen LogP contribution in [0.1, 0.15) is 19.8 Å². The van der Waals surface area contributed by atoms with Gasteiger partial charge in [0.15, 0.2) is 19.7 Å². The summed E-state index contributed by atoms with van der Waals surface area (Å²) < 4.78 is 61.3. The van der Waals surface area contributed by atoms with Crippen LogP contribution in [0.15, 0.2) is 29.2 Å². The molecule has 0 amide bonds. The molecule has 0 bridgehead atoms. The summed E-state index contributed by atoms with van der Waals surface area (Å²) in [6.45, 7) is 3.02. The van der Waals surface area contributed by atoms with Crippen molar-refractivity contribution in [1.82, 2.24) is 4.90 Å². The van der Waals surface area contributed by atoms with E-state index in [9.17, 15) is 21.6 Å². The molecule has 0 aromatic heterocycles. The summed E-state index contributed by atoms with van der Waals surface area (Å²) >= 11 is 0. The number of piperidine rings is 1. The smallest absolute Gasteiger partial charge is 0.309 e. The van der Waals surface area contributed by atoms with Crippen molar-refractivity contribution in [3.8, 4) is 5.75 Å². The molecule has 2 atom stereocenters. The monoisotopic (exact) mass is 445 g/mol. The van der Waals surface area contributed by atoms with E-state index >= 15 is 0 Å². The van der Waals surface area contributed by atoms with Crippen LogP contribution in [0.3, 0.4) is 0 Å². The van der Waals surface area contributed by atoms with E-state index in [0.29, 0.717) is 38.3 Å². The van der Waals surface area contributed by atoms with E-state index in [1.165, 1.54) is 19.2 Å². The van der Waals surface area contributed by atoms with E-state index in [-0.39, 0.29) is 28.3 Å². The number of methoxy groups -OCH3 is 1. The zero-order valence-corrected chi connectivity index (χ0v) is 18.2. The lowest BCUT2D eigenvalue weighted by molar-refractivity contribution is -0.149. The van der Waals surface area contributed by atoms with Gasteiger partial charge in [-0.1, -0.05) is 0 Å². The third kappa shape index (κ3) is 4.75. The zero-order chi connectivity index (χ0) is 21.2. The van der Waals surface area contributed by atoms with Gasteiger partial charge in [0.25, 0.3) is 0 Å². The van der Waals surface area contributed by atoms with Crippen molar-refractivity contribution >= 4 is 25.6 Å². The van der Waals surface area contributed by atoms with Gasteiger partial charge < -0.3 is 9.47 Å². The van der Waals surface area contributed by atoms with Crippen LogP contribution >= 0.6 is 0 Å². The molecule has 0 radical (unpaired) electrons. The van der Waals surface area contributed by atoms with Crippen LogP contribution in [0.5, 0.6) is 5.75 Å². The fourth-order valence-corrected chi connectivity index (χ4v) is 8.93. The maximum Gasteiger partial charge on any atom is 0.309 e. The minimum absolute atomic E-state index is 0.0896. The zero-order valence-electron chi connectivity index (χ0n) is 16.6. The predicted octanol–water partition coefficient (Wildman–Crippen LogP) is 0.910. The van der Waals surface area contributed by atoms with E-state index in [1.54, 1.807) is 19.1 Å². The van der Waals surface area contributed by atoms with Crippen LogP contribution in [-0.2, 0) is 29.2 Å². The normalized spacial score (nSPS) is 25.6. The van der Waals surface area contributed by atoms with Crippen molar-refractivity contribution < 1.29 is 31.1 Å². The van der Waals surface area contributed by atoms with Crippen molar-refractivity contribution in [3.05, 3.63) is 24.3 Å². The summed E-state index contributed by atoms with van der Waals surface area (Å²) in [7, 11) is -5.82. The number of likely N-dealkylation sites (tertiary alicyclic amines) is 1. The Balaban J connectivity index is 1.80. The largest absolute Gasteiger partial charge is 0.497 e. The molecule has 10 heteroatoms. The van der Waals surface area contributed by atoms with Crippen LogP contribution in [0.25, 0.3) is 0 Å². The molecule has 8 nitrogen and oxygen atoms in total. The molecule has 2 aliphatic heterocycles. The molecule has 162 valence electrons. The van der Waals surface area contributed by atoms with Gasteiger partial charge in [-0.3, -0.25) is 9.69 Å². The van der Waals surface area contributed by atoms with Gasteiger partial charge in [0.2, 0.25) is 0 Å². The third-order valence-electron chi connectivity index (χ3n) is 5.68. The quantitative estimate of drug-likeness (QED) is 0.595. The summed E-state index contributed by atoms with van der Waals surface area (Å²) in [6, 6.07) is 5.38. The Morgan fingerprint density at radius 2 is 1.76 bits per heavy atom. The van der Waals surface area contributed by atoms with Gasteiger partial charge in [-0.2, -0.15) is 0 Å². The van der Waals surface area contributed by atoms with Gasteiger partial charge in [-0.05, 0) is 57.1 Å². The molecular weight excluding hydrogens is 418 g/mol. The first-order valence-corrected chi connectivity index (χ1v) is 13.0. The van der Waals surface area contributed by atoms with Crippen molar-refractivity contribution in [3.63, 3.8) is 0 Å². The number of rotatable bonds is 6. The van der Waals surface area contributed by atoms with Crippen molar-refractivity contribution in [2.75, 3.05) is 38.3 Å². The molecule has 0 N–H and O–H groups in total. The van der Waals surface area contributed by atoms with Crippen LogP contribution < -0.4 is 4.74 Å². The molecule has 2 aliphatic rings. The highest BCUT2D eigenvalue weighted by molar-refractivity contribution is 7.96. The average molecular weight is 446 g/mol. The van der Waals surface area contributed by atoms with Crippen LogP contribution in [0, 0.1) is 5.92 Å². The van der Waals surface area contributed by atoms with Crippen LogP contribution in [0.4, 0.5) is 0 Å². The maximum atomic E-state index is 13.2. The predicted molar refractivity (Wildman–Crippen MR) is 107 cm³/mol. The number of sulfone groups is 2. The molecule has 2 fully saturated rings. The summed E-state index contributed by atoms with van der Waals surface area (Å²) in [5, 5.41) is -1.03. The Morgan fingerprint density at radius 1 is 1.14 bits per heavy atom. The number of hydrogen-bond donors (Lipinski definition) is 0. The van der Waals surface area contributed by atoms with E-state index in [4.69, 9.17) is 9.47 Å². The first kappa shape index (κ1) is 22.0. The number of carbonyl (C=O) groups excluding carboxylic acids is 1. The van der Waals surface area contributed by atoms with Gasteiger partial charge in [0.05, 0.1) is 41.3 Å². The Kier molecular flexibility index (Phi) is 6.54. The van der Waals surface area contributed by atoms with Crippen molar-refractivity contribution in [2.24, 2.45) is 5.92 Å². The molecule has 2 heterocycles. The van der Waals surface area contributed by atoms with Crippen LogP contribution in [-0.4, -0.2) is 77.3 Å². The van der Waals surface area contributed by atoms with E-state index < -0.39 is 31.0 Å². The minimum Gasteiger partial charge on any atom is -0.497 e. The standard InChI is InChI=1S/C19H27NO7S2/c1-3-27-19(21)14-8-10-20(11-9-14)17-12-28(22,23)13-18(17)29(24,25)16-6-4-15(26-2)5-7-16/h4-7,14,17-18H,3,8-13H2,1-2H3/t17-,18-/m0/s1. The lowest BCUT2D eigenvalue weighted by Gasteiger charge is -2.36. The molecule has 0 spiro atoms. The summed E-state index contributed by atoms with van der Waals surface area (Å²) in [5.41, 5.74) is 0. The van der Waals surface area contributed by atoms with E-state index in [2.05, 4.69) is 0 Å². The molecule has 0 saturated carbocycles. The molecule has 3 rings (SSSR count). The fourth-order valence-electron chi connectivity index (χ4n) is 4.10. The van der Waals surface area contributed by atoms with Crippen LogP contribution in [0.2, 0.25) is 0 Å². The summed E-state index contributed by atoms with van der Waals surface area (Å²) in [6.07, 6.45) is 1.06. The van der Waals surface area contributed by atoms with Gasteiger partial charge in [-0.25, -0.2) is 16.8 Å². The fraction of sp³-hybridized carbons (Fsp3) is 0.632. The van der Waals surface area contributed by atoms with Crippen molar-refractivity contribution in [2.45, 2.75) is 36.0 Å². The third-order valence-corrected chi connectivity index (χ3v) is 9.81. The average Bonchev–Trinajstić information content (AvgIpc) is 3.04. The number of esters is 1. The second-order valence-electron chi connectivity index (χ2n) is 7.47. The molecule has 29 heavy (non-hydrogen) atoms. The Bertz CT molecular complexity index is 933. The molecule has 0 aliphatic carbocycles. The van der Waals surface area contributed by atoms with Gasteiger partial charge >= 0.3 is 5.97 Å². The second-order valence-corrected chi connectivity index (χ2v) is 11.8. The highest BCUT2D eigenvalue weighted by Crippen LogP contribution is 2.32. The van der Waals surface area contributed by atoms with Gasteiger partial charge in [0.1, 0.15) is 5.75 Å².